The first-order valence-electron chi connectivity index (χ1n) is 5.13. The molecule has 1 aromatic rings. The molecule has 3 N–H and O–H groups in total. The van der Waals surface area contributed by atoms with Gasteiger partial charge in [0.25, 0.3) is 0 Å². The molecule has 0 spiro atoms. The maximum absolute atomic E-state index is 9.74. The monoisotopic (exact) mass is 193 g/mol. The van der Waals surface area contributed by atoms with Gasteiger partial charge in [-0.05, 0) is 24.0 Å². The standard InChI is InChI=1S/C12H19NO/c1-4-12(14)10-7-9(8(2)3)5-6-11(10)13/h5-8,12,14H,4,13H2,1-3H3. The summed E-state index contributed by atoms with van der Waals surface area (Å²) in [6.45, 7) is 6.22. The van der Waals surface area contributed by atoms with E-state index in [4.69, 9.17) is 5.73 Å². The van der Waals surface area contributed by atoms with Crippen LogP contribution in [0.25, 0.3) is 0 Å². The van der Waals surface area contributed by atoms with Crippen molar-refractivity contribution in [2.45, 2.75) is 39.2 Å². The molecule has 0 saturated heterocycles. The third-order valence-corrected chi connectivity index (χ3v) is 2.52. The largest absolute Gasteiger partial charge is 0.398 e. The van der Waals surface area contributed by atoms with E-state index in [-0.39, 0.29) is 0 Å². The molecule has 0 saturated carbocycles. The highest BCUT2D eigenvalue weighted by molar-refractivity contribution is 5.50. The first-order valence-corrected chi connectivity index (χ1v) is 5.13. The molecule has 0 radical (unpaired) electrons. The number of nitrogens with two attached hydrogens (primary N) is 1. The fourth-order valence-corrected chi connectivity index (χ4v) is 1.46. The highest BCUT2D eigenvalue weighted by Crippen LogP contribution is 2.26. The van der Waals surface area contributed by atoms with Crippen molar-refractivity contribution < 1.29 is 5.11 Å². The summed E-state index contributed by atoms with van der Waals surface area (Å²) in [5, 5.41) is 9.74. The average molecular weight is 193 g/mol. The fourth-order valence-electron chi connectivity index (χ4n) is 1.46. The highest BCUT2D eigenvalue weighted by atomic mass is 16.3. The van der Waals surface area contributed by atoms with Crippen LogP contribution in [0.2, 0.25) is 0 Å². The molecule has 0 aliphatic rings. The van der Waals surface area contributed by atoms with Gasteiger partial charge in [0.05, 0.1) is 6.10 Å². The zero-order valence-electron chi connectivity index (χ0n) is 9.12. The molecule has 0 aromatic heterocycles. The van der Waals surface area contributed by atoms with Crippen LogP contribution in [-0.4, -0.2) is 5.11 Å². The Morgan fingerprint density at radius 2 is 2.00 bits per heavy atom. The summed E-state index contributed by atoms with van der Waals surface area (Å²) in [4.78, 5) is 0. The number of hydrogen-bond donors (Lipinski definition) is 2. The van der Waals surface area contributed by atoms with E-state index in [1.54, 1.807) is 0 Å². The Bertz CT molecular complexity index is 307. The maximum Gasteiger partial charge on any atom is 0.0807 e. The second-order valence-corrected chi connectivity index (χ2v) is 3.97. The van der Waals surface area contributed by atoms with Crippen LogP contribution in [0.5, 0.6) is 0 Å². The molecule has 78 valence electrons. The van der Waals surface area contributed by atoms with Crippen LogP contribution in [0.15, 0.2) is 18.2 Å². The Morgan fingerprint density at radius 1 is 1.36 bits per heavy atom. The summed E-state index contributed by atoms with van der Waals surface area (Å²) in [7, 11) is 0. The molecule has 0 heterocycles. The van der Waals surface area contributed by atoms with Crippen LogP contribution in [-0.2, 0) is 0 Å². The van der Waals surface area contributed by atoms with Crippen molar-refractivity contribution in [3.8, 4) is 0 Å². The number of benzene rings is 1. The van der Waals surface area contributed by atoms with Crippen molar-refractivity contribution in [2.75, 3.05) is 5.73 Å². The predicted molar refractivity (Wildman–Crippen MR) is 60.2 cm³/mol. The predicted octanol–water partition coefficient (Wildman–Crippen LogP) is 2.84. The van der Waals surface area contributed by atoms with E-state index in [2.05, 4.69) is 13.8 Å². The van der Waals surface area contributed by atoms with Gasteiger partial charge in [0, 0.05) is 11.3 Å². The van der Waals surface area contributed by atoms with E-state index in [1.165, 1.54) is 5.56 Å². The number of aliphatic hydroxyl groups excluding tert-OH is 1. The number of nitrogen functional groups attached to an aromatic ring is 1. The van der Waals surface area contributed by atoms with Crippen molar-refractivity contribution in [1.82, 2.24) is 0 Å². The first-order chi connectivity index (χ1) is 6.56. The molecule has 2 heteroatoms. The number of aliphatic hydroxyl groups is 1. The summed E-state index contributed by atoms with van der Waals surface area (Å²) < 4.78 is 0. The lowest BCUT2D eigenvalue weighted by atomic mass is 9.96. The molecule has 14 heavy (non-hydrogen) atoms. The van der Waals surface area contributed by atoms with Gasteiger partial charge in [-0.1, -0.05) is 32.9 Å². The second kappa shape index (κ2) is 4.47. The van der Waals surface area contributed by atoms with E-state index in [9.17, 15) is 5.11 Å². The van der Waals surface area contributed by atoms with Gasteiger partial charge in [0.2, 0.25) is 0 Å². The molecule has 0 aliphatic carbocycles. The molecule has 0 bridgehead atoms. The number of hydrogen-bond acceptors (Lipinski definition) is 2. The smallest absolute Gasteiger partial charge is 0.0807 e. The van der Waals surface area contributed by atoms with Gasteiger partial charge in [-0.15, -0.1) is 0 Å². The zero-order valence-corrected chi connectivity index (χ0v) is 9.12. The van der Waals surface area contributed by atoms with Crippen LogP contribution in [0.4, 0.5) is 5.69 Å². The molecule has 1 unspecified atom stereocenters. The summed E-state index contributed by atoms with van der Waals surface area (Å²) in [6.07, 6.45) is 0.264. The van der Waals surface area contributed by atoms with Gasteiger partial charge in [-0.3, -0.25) is 0 Å². The van der Waals surface area contributed by atoms with Gasteiger partial charge < -0.3 is 10.8 Å². The molecule has 2 nitrogen and oxygen atoms in total. The quantitative estimate of drug-likeness (QED) is 0.725. The van der Waals surface area contributed by atoms with Crippen LogP contribution >= 0.6 is 0 Å². The fraction of sp³-hybridized carbons (Fsp3) is 0.500. The van der Waals surface area contributed by atoms with Crippen molar-refractivity contribution >= 4 is 5.69 Å². The lowest BCUT2D eigenvalue weighted by Crippen LogP contribution is -2.02. The second-order valence-electron chi connectivity index (χ2n) is 3.97. The Labute approximate surface area is 85.8 Å². The Kier molecular flexibility index (Phi) is 3.53. The Morgan fingerprint density at radius 3 is 2.50 bits per heavy atom. The summed E-state index contributed by atoms with van der Waals surface area (Å²) in [5.41, 5.74) is 8.57. The molecule has 0 fully saturated rings. The van der Waals surface area contributed by atoms with Gasteiger partial charge in [0.15, 0.2) is 0 Å². The molecule has 1 aromatic carbocycles. The van der Waals surface area contributed by atoms with Crippen molar-refractivity contribution in [2.24, 2.45) is 0 Å². The lowest BCUT2D eigenvalue weighted by molar-refractivity contribution is 0.174. The molecular weight excluding hydrogens is 174 g/mol. The van der Waals surface area contributed by atoms with E-state index in [0.717, 1.165) is 5.56 Å². The van der Waals surface area contributed by atoms with Crippen LogP contribution in [0, 0.1) is 0 Å². The van der Waals surface area contributed by atoms with Crippen LogP contribution in [0.1, 0.15) is 50.3 Å². The van der Waals surface area contributed by atoms with Gasteiger partial charge in [-0.25, -0.2) is 0 Å². The van der Waals surface area contributed by atoms with Crippen molar-refractivity contribution in [3.05, 3.63) is 29.3 Å². The van der Waals surface area contributed by atoms with Gasteiger partial charge in [-0.2, -0.15) is 0 Å². The molecule has 1 rings (SSSR count). The van der Waals surface area contributed by atoms with E-state index in [1.807, 2.05) is 25.1 Å². The minimum Gasteiger partial charge on any atom is -0.398 e. The normalized spacial score (nSPS) is 13.2. The van der Waals surface area contributed by atoms with Gasteiger partial charge >= 0.3 is 0 Å². The highest BCUT2D eigenvalue weighted by Gasteiger charge is 2.10. The SMILES string of the molecule is CCC(O)c1cc(C(C)C)ccc1N. The molecule has 1 atom stereocenters. The lowest BCUT2D eigenvalue weighted by Gasteiger charge is -2.14. The topological polar surface area (TPSA) is 46.2 Å². The maximum atomic E-state index is 9.74. The molecular formula is C12H19NO. The summed E-state index contributed by atoms with van der Waals surface area (Å²) in [6, 6.07) is 5.91. The van der Waals surface area contributed by atoms with E-state index in [0.29, 0.717) is 18.0 Å². The van der Waals surface area contributed by atoms with Crippen molar-refractivity contribution in [1.29, 1.82) is 0 Å². The minimum atomic E-state index is -0.436. The third kappa shape index (κ3) is 2.26. The zero-order chi connectivity index (χ0) is 10.7. The summed E-state index contributed by atoms with van der Waals surface area (Å²) >= 11 is 0. The van der Waals surface area contributed by atoms with E-state index >= 15 is 0 Å². The third-order valence-electron chi connectivity index (χ3n) is 2.52. The van der Waals surface area contributed by atoms with E-state index < -0.39 is 6.10 Å². The van der Waals surface area contributed by atoms with Gasteiger partial charge in [0.1, 0.15) is 0 Å². The number of anilines is 1. The minimum absolute atomic E-state index is 0.436. The van der Waals surface area contributed by atoms with Crippen LogP contribution < -0.4 is 5.73 Å². The molecule has 0 aliphatic heterocycles. The Hall–Kier alpha value is -1.02. The first kappa shape index (κ1) is 11.1. The van der Waals surface area contributed by atoms with Crippen molar-refractivity contribution in [3.63, 3.8) is 0 Å². The molecule has 0 amide bonds. The Balaban J connectivity index is 3.08. The number of rotatable bonds is 3. The summed E-state index contributed by atoms with van der Waals surface area (Å²) in [5.74, 6) is 0.471. The average Bonchev–Trinajstić information content (AvgIpc) is 2.17. The van der Waals surface area contributed by atoms with Crippen LogP contribution in [0.3, 0.4) is 0 Å².